The van der Waals surface area contributed by atoms with Gasteiger partial charge in [-0.1, -0.05) is 48.4 Å². The molecule has 36 heavy (non-hydrogen) atoms. The second kappa shape index (κ2) is 10.4. The van der Waals surface area contributed by atoms with Crippen LogP contribution in [0.1, 0.15) is 16.1 Å². The molecule has 5 heteroatoms. The number of thiazole rings is 1. The molecule has 0 unspecified atom stereocenters. The van der Waals surface area contributed by atoms with E-state index in [4.69, 9.17) is 10.5 Å². The van der Waals surface area contributed by atoms with Crippen LogP contribution >= 0.6 is 11.3 Å². The lowest BCUT2D eigenvalue weighted by Crippen LogP contribution is -2.09. The summed E-state index contributed by atoms with van der Waals surface area (Å²) in [5.41, 5.74) is 5.82. The number of aromatic nitrogens is 1. The van der Waals surface area contributed by atoms with Gasteiger partial charge in [0.25, 0.3) is 0 Å². The van der Waals surface area contributed by atoms with Crippen LogP contribution in [0, 0.1) is 34.5 Å². The third-order valence-corrected chi connectivity index (χ3v) is 6.37. The Bertz CT molecular complexity index is 1640. The third kappa shape index (κ3) is 5.01. The molecule has 1 heterocycles. The first kappa shape index (κ1) is 22.6. The Balaban J connectivity index is 1.41. The molecule has 4 nitrogen and oxygen atoms in total. The summed E-state index contributed by atoms with van der Waals surface area (Å²) in [5, 5.41) is 18.7. The van der Waals surface area contributed by atoms with Crippen LogP contribution in [0.4, 0.5) is 17.1 Å². The highest BCUT2D eigenvalue weighted by molar-refractivity contribution is 7.19. The highest BCUT2D eigenvalue weighted by atomic mass is 32.1. The second-order valence-corrected chi connectivity index (χ2v) is 8.86. The molecule has 0 bridgehead atoms. The van der Waals surface area contributed by atoms with Crippen LogP contribution in [-0.2, 0) is 0 Å². The molecule has 0 N–H and O–H groups in total. The van der Waals surface area contributed by atoms with Gasteiger partial charge in [-0.3, -0.25) is 0 Å². The molecule has 168 valence electrons. The summed E-state index contributed by atoms with van der Waals surface area (Å²) in [6.07, 6.45) is 1.57. The molecule has 0 radical (unpaired) electrons. The van der Waals surface area contributed by atoms with Gasteiger partial charge in [0.05, 0.1) is 10.2 Å². The minimum absolute atomic E-state index is 0.0698. The fraction of sp³-hybridized carbons (Fsp3) is 0. The van der Waals surface area contributed by atoms with Gasteiger partial charge in [-0.25, -0.2) is 4.98 Å². The summed E-state index contributed by atoms with van der Waals surface area (Å²) in [7, 11) is 0. The van der Waals surface area contributed by atoms with Crippen molar-refractivity contribution in [2.45, 2.75) is 0 Å². The lowest BCUT2D eigenvalue weighted by Gasteiger charge is -2.25. The highest BCUT2D eigenvalue weighted by Gasteiger charge is 2.11. The van der Waals surface area contributed by atoms with Gasteiger partial charge >= 0.3 is 0 Å². The summed E-state index contributed by atoms with van der Waals surface area (Å²) in [6, 6.07) is 38.1. The minimum Gasteiger partial charge on any atom is -0.311 e. The number of nitrogens with zero attached hydrogens (tertiary/aromatic N) is 4. The number of hydrogen-bond donors (Lipinski definition) is 0. The molecule has 0 fully saturated rings. The first-order chi connectivity index (χ1) is 17.7. The molecule has 0 amide bonds. The molecule has 0 aliphatic carbocycles. The largest absolute Gasteiger partial charge is 0.311 e. The molecule has 0 saturated heterocycles. The average Bonchev–Trinajstić information content (AvgIpc) is 3.35. The van der Waals surface area contributed by atoms with Crippen molar-refractivity contribution in [1.82, 2.24) is 4.98 Å². The number of para-hydroxylation sites is 2. The maximum Gasteiger partial charge on any atom is 0.168 e. The Hall–Kier alpha value is -5.15. The summed E-state index contributed by atoms with van der Waals surface area (Å²) >= 11 is 1.49. The number of benzene rings is 4. The highest BCUT2D eigenvalue weighted by Crippen LogP contribution is 2.34. The molecular weight excluding hydrogens is 460 g/mol. The van der Waals surface area contributed by atoms with Gasteiger partial charge in [0, 0.05) is 22.6 Å². The Morgan fingerprint density at radius 2 is 1.33 bits per heavy atom. The molecule has 5 aromatic rings. The second-order valence-electron chi connectivity index (χ2n) is 7.83. The van der Waals surface area contributed by atoms with Crippen molar-refractivity contribution < 1.29 is 0 Å². The standard InChI is InChI=1S/C31H18N4S/c32-21-25(22-33)19-24-13-17-29-30(20-24)36-31(34-29)18-14-23-11-15-28(16-12-23)35(26-7-3-1-4-8-26)27-9-5-2-6-10-27/h1-13,15-17,19-20H. The Kier molecular flexibility index (Phi) is 6.55. The number of rotatable bonds is 4. The molecule has 0 aliphatic rings. The van der Waals surface area contributed by atoms with Gasteiger partial charge in [-0.05, 0) is 78.2 Å². The van der Waals surface area contributed by atoms with E-state index in [1.807, 2.05) is 78.9 Å². The van der Waals surface area contributed by atoms with E-state index in [0.29, 0.717) is 5.01 Å². The third-order valence-electron chi connectivity index (χ3n) is 5.43. The molecule has 0 spiro atoms. The molecular formula is C31H18N4S. The lowest BCUT2D eigenvalue weighted by molar-refractivity contribution is 1.28. The molecule has 0 saturated carbocycles. The summed E-state index contributed by atoms with van der Waals surface area (Å²) < 4.78 is 0.958. The van der Waals surface area contributed by atoms with E-state index in [9.17, 15) is 0 Å². The SMILES string of the molecule is N#CC(C#N)=Cc1ccc2nc(C#Cc3ccc(N(c4ccccc4)c4ccccc4)cc3)sc2c1. The number of hydrogen-bond acceptors (Lipinski definition) is 5. The number of anilines is 3. The molecule has 5 rings (SSSR count). The fourth-order valence-corrected chi connectivity index (χ4v) is 4.63. The zero-order chi connectivity index (χ0) is 24.7. The summed E-state index contributed by atoms with van der Waals surface area (Å²) in [6.45, 7) is 0. The maximum atomic E-state index is 8.97. The zero-order valence-corrected chi connectivity index (χ0v) is 19.9. The summed E-state index contributed by atoms with van der Waals surface area (Å²) in [5.74, 6) is 6.38. The Labute approximate surface area is 213 Å². The van der Waals surface area contributed by atoms with Crippen molar-refractivity contribution >= 4 is 44.7 Å². The number of fused-ring (bicyclic) bond motifs is 1. The molecule has 1 aromatic heterocycles. The van der Waals surface area contributed by atoms with E-state index < -0.39 is 0 Å². The van der Waals surface area contributed by atoms with Crippen molar-refractivity contribution in [1.29, 1.82) is 10.5 Å². The van der Waals surface area contributed by atoms with Crippen molar-refractivity contribution in [3.8, 4) is 24.0 Å². The first-order valence-electron chi connectivity index (χ1n) is 11.2. The van der Waals surface area contributed by atoms with Crippen LogP contribution in [0.2, 0.25) is 0 Å². The van der Waals surface area contributed by atoms with E-state index in [2.05, 4.69) is 58.1 Å². The lowest BCUT2D eigenvalue weighted by atomic mass is 10.1. The number of allylic oxidation sites excluding steroid dienone is 1. The topological polar surface area (TPSA) is 63.7 Å². The van der Waals surface area contributed by atoms with Crippen LogP contribution in [-0.4, -0.2) is 4.98 Å². The molecule has 4 aromatic carbocycles. The van der Waals surface area contributed by atoms with Gasteiger partial charge in [0.2, 0.25) is 0 Å². The Morgan fingerprint density at radius 3 is 1.94 bits per heavy atom. The van der Waals surface area contributed by atoms with Crippen LogP contribution in [0.5, 0.6) is 0 Å². The Morgan fingerprint density at radius 1 is 0.722 bits per heavy atom. The van der Waals surface area contributed by atoms with Crippen molar-refractivity contribution in [2.24, 2.45) is 0 Å². The van der Waals surface area contributed by atoms with Crippen molar-refractivity contribution in [2.75, 3.05) is 4.90 Å². The molecule has 0 atom stereocenters. The van der Waals surface area contributed by atoms with Gasteiger partial charge in [0.15, 0.2) is 5.01 Å². The van der Waals surface area contributed by atoms with E-state index >= 15 is 0 Å². The monoisotopic (exact) mass is 478 g/mol. The van der Waals surface area contributed by atoms with Crippen LogP contribution in [0.3, 0.4) is 0 Å². The van der Waals surface area contributed by atoms with Gasteiger partial charge in [-0.2, -0.15) is 10.5 Å². The first-order valence-corrected chi connectivity index (χ1v) is 12.0. The fourth-order valence-electron chi connectivity index (χ4n) is 3.76. The van der Waals surface area contributed by atoms with E-state index in [-0.39, 0.29) is 5.57 Å². The average molecular weight is 479 g/mol. The van der Waals surface area contributed by atoms with E-state index in [1.165, 1.54) is 11.3 Å². The predicted octanol–water partition coefficient (Wildman–Crippen LogP) is 7.60. The van der Waals surface area contributed by atoms with Gasteiger partial charge in [-0.15, -0.1) is 11.3 Å². The van der Waals surface area contributed by atoms with Crippen LogP contribution in [0.15, 0.2) is 109 Å². The maximum absolute atomic E-state index is 8.97. The van der Waals surface area contributed by atoms with Crippen LogP contribution in [0.25, 0.3) is 16.3 Å². The summed E-state index contributed by atoms with van der Waals surface area (Å²) in [4.78, 5) is 6.81. The van der Waals surface area contributed by atoms with E-state index in [0.717, 1.165) is 38.4 Å². The quantitative estimate of drug-likeness (QED) is 0.197. The predicted molar refractivity (Wildman–Crippen MR) is 146 cm³/mol. The van der Waals surface area contributed by atoms with Crippen molar-refractivity contribution in [3.63, 3.8) is 0 Å². The number of nitriles is 2. The smallest absolute Gasteiger partial charge is 0.168 e. The van der Waals surface area contributed by atoms with Gasteiger partial charge < -0.3 is 4.90 Å². The minimum atomic E-state index is 0.0698. The van der Waals surface area contributed by atoms with Crippen molar-refractivity contribution in [3.05, 3.63) is 125 Å². The normalized spacial score (nSPS) is 9.94. The van der Waals surface area contributed by atoms with E-state index in [1.54, 1.807) is 6.08 Å². The molecule has 0 aliphatic heterocycles. The zero-order valence-electron chi connectivity index (χ0n) is 19.1. The van der Waals surface area contributed by atoms with Crippen LogP contribution < -0.4 is 4.90 Å². The van der Waals surface area contributed by atoms with Gasteiger partial charge in [0.1, 0.15) is 17.7 Å².